The van der Waals surface area contributed by atoms with Crippen LogP contribution in [0.25, 0.3) is 10.8 Å². The number of hydrogen-bond acceptors (Lipinski definition) is 5. The van der Waals surface area contributed by atoms with E-state index in [1.54, 1.807) is 42.5 Å². The summed E-state index contributed by atoms with van der Waals surface area (Å²) >= 11 is 0. The molecule has 0 bridgehead atoms. The smallest absolute Gasteiger partial charge is 0.344 e. The van der Waals surface area contributed by atoms with Gasteiger partial charge in [-0.05, 0) is 70.8 Å². The number of hydrogen-bond donors (Lipinski definition) is 2. The first-order valence-electron chi connectivity index (χ1n) is 11.1. The lowest BCUT2D eigenvalue weighted by Gasteiger charge is -2.07. The molecule has 0 unspecified atom stereocenters. The Balaban J connectivity index is 1.31. The second-order valence-corrected chi connectivity index (χ2v) is 7.69. The van der Waals surface area contributed by atoms with E-state index in [0.717, 1.165) is 22.8 Å². The van der Waals surface area contributed by atoms with Gasteiger partial charge < -0.3 is 10.1 Å². The summed E-state index contributed by atoms with van der Waals surface area (Å²) in [4.78, 5) is 36.6. The number of amides is 2. The topological polar surface area (TPSA) is 96.9 Å². The lowest BCUT2D eigenvalue weighted by atomic mass is 10.0. The molecule has 7 nitrogen and oxygen atoms in total. The van der Waals surface area contributed by atoms with Crippen LogP contribution in [0, 0.1) is 0 Å². The molecule has 0 heterocycles. The quantitative estimate of drug-likeness (QED) is 0.142. The monoisotopic (exact) mass is 465 g/mol. The van der Waals surface area contributed by atoms with E-state index in [1.807, 2.05) is 55.5 Å². The van der Waals surface area contributed by atoms with Crippen LogP contribution in [0.5, 0.6) is 5.75 Å². The van der Waals surface area contributed by atoms with Crippen molar-refractivity contribution in [1.29, 1.82) is 0 Å². The van der Waals surface area contributed by atoms with Crippen molar-refractivity contribution < 1.29 is 19.1 Å². The highest BCUT2D eigenvalue weighted by molar-refractivity contribution is 6.39. The van der Waals surface area contributed by atoms with Gasteiger partial charge in [0.15, 0.2) is 0 Å². The minimum absolute atomic E-state index is 0.373. The predicted octanol–water partition coefficient (Wildman–Crippen LogP) is 4.71. The van der Waals surface area contributed by atoms with E-state index in [9.17, 15) is 14.4 Å². The third kappa shape index (κ3) is 5.97. The average Bonchev–Trinajstić information content (AvgIpc) is 2.89. The molecule has 2 amide bonds. The summed E-state index contributed by atoms with van der Waals surface area (Å²) in [5.41, 5.74) is 4.98. The van der Waals surface area contributed by atoms with E-state index in [4.69, 9.17) is 4.74 Å². The van der Waals surface area contributed by atoms with Crippen LogP contribution < -0.4 is 15.5 Å². The molecule has 0 atom stereocenters. The molecule has 0 spiro atoms. The highest BCUT2D eigenvalue weighted by Crippen LogP contribution is 2.21. The summed E-state index contributed by atoms with van der Waals surface area (Å²) in [6.07, 6.45) is 2.27. The average molecular weight is 466 g/mol. The van der Waals surface area contributed by atoms with Gasteiger partial charge in [0.25, 0.3) is 0 Å². The Kier molecular flexibility index (Phi) is 7.28. The van der Waals surface area contributed by atoms with Gasteiger partial charge in [-0.2, -0.15) is 5.10 Å². The van der Waals surface area contributed by atoms with Crippen LogP contribution in [-0.2, 0) is 16.0 Å². The molecule has 0 aliphatic heterocycles. The molecule has 4 aromatic rings. The number of ether oxygens (including phenoxy) is 1. The van der Waals surface area contributed by atoms with Crippen LogP contribution in [0.2, 0.25) is 0 Å². The normalized spacial score (nSPS) is 10.8. The summed E-state index contributed by atoms with van der Waals surface area (Å²) < 4.78 is 5.50. The maximum absolute atomic E-state index is 12.7. The third-order valence-corrected chi connectivity index (χ3v) is 5.31. The second-order valence-electron chi connectivity index (χ2n) is 7.69. The minimum Gasteiger partial charge on any atom is -0.423 e. The van der Waals surface area contributed by atoms with Crippen molar-refractivity contribution in [2.45, 2.75) is 13.3 Å². The number of nitrogens with one attached hydrogen (secondary N) is 2. The zero-order chi connectivity index (χ0) is 24.6. The van der Waals surface area contributed by atoms with Crippen molar-refractivity contribution in [2.75, 3.05) is 5.32 Å². The number of carbonyl (C=O) groups excluding carboxylic acids is 3. The summed E-state index contributed by atoms with van der Waals surface area (Å²) in [5.74, 6) is -1.79. The summed E-state index contributed by atoms with van der Waals surface area (Å²) in [5, 5.41) is 8.11. The van der Waals surface area contributed by atoms with Crippen molar-refractivity contribution in [3.8, 4) is 5.75 Å². The minimum atomic E-state index is -0.888. The molecule has 0 aliphatic carbocycles. The Hall–Kier alpha value is -4.78. The molecule has 0 fully saturated rings. The SMILES string of the molecule is CCc1ccc(NC(=O)C(=O)N/N=C/c2ccc(OC(=O)c3cccc4ccccc34)cc2)cc1. The Labute approximate surface area is 202 Å². The van der Waals surface area contributed by atoms with Gasteiger partial charge in [0, 0.05) is 5.69 Å². The number of aryl methyl sites for hydroxylation is 1. The standard InChI is InChI=1S/C28H23N3O4/c1-2-19-10-14-22(15-11-19)30-26(32)27(33)31-29-18-20-12-16-23(17-13-20)35-28(34)25-9-5-7-21-6-3-4-8-24(21)25/h3-18H,2H2,1H3,(H,30,32)(H,31,33)/b29-18+. The molecule has 2 N–H and O–H groups in total. The highest BCUT2D eigenvalue weighted by atomic mass is 16.5. The largest absolute Gasteiger partial charge is 0.423 e. The number of hydrazone groups is 1. The molecule has 4 aromatic carbocycles. The molecule has 0 radical (unpaired) electrons. The van der Waals surface area contributed by atoms with Crippen LogP contribution in [0.4, 0.5) is 5.69 Å². The number of anilines is 1. The summed E-state index contributed by atoms with van der Waals surface area (Å²) in [6.45, 7) is 2.03. The van der Waals surface area contributed by atoms with E-state index in [2.05, 4.69) is 15.8 Å². The number of benzene rings is 4. The first-order chi connectivity index (χ1) is 17.0. The Morgan fingerprint density at radius 3 is 2.29 bits per heavy atom. The summed E-state index contributed by atoms with van der Waals surface area (Å²) in [6, 6.07) is 26.9. The number of esters is 1. The Morgan fingerprint density at radius 2 is 1.54 bits per heavy atom. The molecule has 0 aliphatic rings. The van der Waals surface area contributed by atoms with Gasteiger partial charge in [0.05, 0.1) is 11.8 Å². The van der Waals surface area contributed by atoms with E-state index < -0.39 is 17.8 Å². The molecule has 0 aromatic heterocycles. The van der Waals surface area contributed by atoms with Crippen LogP contribution in [0.15, 0.2) is 96.1 Å². The van der Waals surface area contributed by atoms with E-state index in [0.29, 0.717) is 22.6 Å². The zero-order valence-corrected chi connectivity index (χ0v) is 19.0. The van der Waals surface area contributed by atoms with Crippen molar-refractivity contribution >= 4 is 40.5 Å². The van der Waals surface area contributed by atoms with Gasteiger partial charge in [0.1, 0.15) is 5.75 Å². The third-order valence-electron chi connectivity index (χ3n) is 5.31. The number of nitrogens with zero attached hydrogens (tertiary/aromatic N) is 1. The number of carbonyl (C=O) groups is 3. The Bertz CT molecular complexity index is 1390. The van der Waals surface area contributed by atoms with Gasteiger partial charge in [0.2, 0.25) is 0 Å². The Morgan fingerprint density at radius 1 is 0.829 bits per heavy atom. The van der Waals surface area contributed by atoms with Crippen molar-refractivity contribution in [2.24, 2.45) is 5.10 Å². The highest BCUT2D eigenvalue weighted by Gasteiger charge is 2.13. The second kappa shape index (κ2) is 10.9. The van der Waals surface area contributed by atoms with Gasteiger partial charge >= 0.3 is 17.8 Å². The van der Waals surface area contributed by atoms with Crippen LogP contribution in [0.3, 0.4) is 0 Å². The molecule has 35 heavy (non-hydrogen) atoms. The predicted molar refractivity (Wildman–Crippen MR) is 136 cm³/mol. The molecule has 7 heteroatoms. The lowest BCUT2D eigenvalue weighted by molar-refractivity contribution is -0.136. The van der Waals surface area contributed by atoms with Crippen LogP contribution in [0.1, 0.15) is 28.4 Å². The lowest BCUT2D eigenvalue weighted by Crippen LogP contribution is -2.32. The first-order valence-corrected chi connectivity index (χ1v) is 11.1. The fraction of sp³-hybridized carbons (Fsp3) is 0.0714. The number of fused-ring (bicyclic) bond motifs is 1. The fourth-order valence-electron chi connectivity index (χ4n) is 3.42. The van der Waals surface area contributed by atoms with E-state index in [-0.39, 0.29) is 0 Å². The van der Waals surface area contributed by atoms with Gasteiger partial charge in [-0.15, -0.1) is 0 Å². The molecular formula is C28H23N3O4. The van der Waals surface area contributed by atoms with E-state index >= 15 is 0 Å². The number of rotatable bonds is 6. The molecule has 0 saturated heterocycles. The van der Waals surface area contributed by atoms with Crippen molar-refractivity contribution in [3.05, 3.63) is 108 Å². The molecule has 0 saturated carbocycles. The van der Waals surface area contributed by atoms with Gasteiger partial charge in [-0.1, -0.05) is 55.5 Å². The van der Waals surface area contributed by atoms with Gasteiger partial charge in [-0.3, -0.25) is 9.59 Å². The molecule has 174 valence electrons. The molecular weight excluding hydrogens is 442 g/mol. The zero-order valence-electron chi connectivity index (χ0n) is 19.0. The fourth-order valence-corrected chi connectivity index (χ4v) is 3.42. The van der Waals surface area contributed by atoms with Crippen LogP contribution in [-0.4, -0.2) is 24.0 Å². The van der Waals surface area contributed by atoms with Crippen molar-refractivity contribution in [1.82, 2.24) is 5.43 Å². The van der Waals surface area contributed by atoms with Gasteiger partial charge in [-0.25, -0.2) is 10.2 Å². The molecule has 4 rings (SSSR count). The van der Waals surface area contributed by atoms with Crippen LogP contribution >= 0.6 is 0 Å². The summed E-state index contributed by atoms with van der Waals surface area (Å²) in [7, 11) is 0. The van der Waals surface area contributed by atoms with Crippen molar-refractivity contribution in [3.63, 3.8) is 0 Å². The van der Waals surface area contributed by atoms with E-state index in [1.165, 1.54) is 6.21 Å². The first kappa shape index (κ1) is 23.4. The maximum atomic E-state index is 12.7. The maximum Gasteiger partial charge on any atom is 0.344 e.